The van der Waals surface area contributed by atoms with Crippen molar-refractivity contribution in [2.45, 2.75) is 20.1 Å². The van der Waals surface area contributed by atoms with Crippen LogP contribution in [0.3, 0.4) is 0 Å². The second-order valence-corrected chi connectivity index (χ2v) is 6.20. The number of rotatable bonds is 3. The largest absolute Gasteiger partial charge is 0.438 e. The SMILES string of the molecule is Cc1cc(F)ccc1Oc1ncnc2c1CN(c1cn[nH]c(=O)c1Cl)OC2. The minimum atomic E-state index is -0.522. The van der Waals surface area contributed by atoms with Crippen LogP contribution in [0.1, 0.15) is 16.8 Å². The number of H-pyrrole nitrogens is 1. The van der Waals surface area contributed by atoms with Crippen molar-refractivity contribution >= 4 is 17.3 Å². The minimum Gasteiger partial charge on any atom is -0.438 e. The molecule has 0 aliphatic carbocycles. The summed E-state index contributed by atoms with van der Waals surface area (Å²) in [6, 6.07) is 4.22. The van der Waals surface area contributed by atoms with Crippen molar-refractivity contribution in [3.05, 3.63) is 68.7 Å². The summed E-state index contributed by atoms with van der Waals surface area (Å²) < 4.78 is 19.2. The minimum absolute atomic E-state index is 0.0397. The van der Waals surface area contributed by atoms with Crippen LogP contribution >= 0.6 is 11.6 Å². The van der Waals surface area contributed by atoms with Crippen molar-refractivity contribution in [1.29, 1.82) is 0 Å². The summed E-state index contributed by atoms with van der Waals surface area (Å²) in [4.78, 5) is 25.7. The molecule has 1 aliphatic heterocycles. The van der Waals surface area contributed by atoms with Crippen molar-refractivity contribution in [1.82, 2.24) is 20.2 Å². The molecule has 0 atom stereocenters. The van der Waals surface area contributed by atoms with Crippen molar-refractivity contribution in [3.8, 4) is 11.6 Å². The van der Waals surface area contributed by atoms with E-state index in [9.17, 15) is 9.18 Å². The topological polar surface area (TPSA) is 93.2 Å². The van der Waals surface area contributed by atoms with Gasteiger partial charge in [0.05, 0.1) is 24.0 Å². The van der Waals surface area contributed by atoms with Crippen LogP contribution in [0.5, 0.6) is 11.6 Å². The smallest absolute Gasteiger partial charge is 0.285 e. The molecule has 0 radical (unpaired) electrons. The second-order valence-electron chi connectivity index (χ2n) is 5.82. The van der Waals surface area contributed by atoms with E-state index < -0.39 is 5.56 Å². The van der Waals surface area contributed by atoms with Gasteiger partial charge >= 0.3 is 0 Å². The van der Waals surface area contributed by atoms with E-state index in [-0.39, 0.29) is 24.0 Å². The van der Waals surface area contributed by atoms with Crippen LogP contribution in [0.15, 0.2) is 35.5 Å². The molecule has 0 saturated carbocycles. The van der Waals surface area contributed by atoms with Crippen LogP contribution in [-0.4, -0.2) is 20.2 Å². The first-order valence-electron chi connectivity index (χ1n) is 7.93. The lowest BCUT2D eigenvalue weighted by atomic mass is 10.2. The zero-order valence-electron chi connectivity index (χ0n) is 14.1. The molecule has 3 aromatic rings. The second kappa shape index (κ2) is 6.93. The zero-order valence-corrected chi connectivity index (χ0v) is 14.8. The highest BCUT2D eigenvalue weighted by atomic mass is 35.5. The average molecular weight is 390 g/mol. The van der Waals surface area contributed by atoms with Crippen molar-refractivity contribution in [2.24, 2.45) is 0 Å². The van der Waals surface area contributed by atoms with Crippen LogP contribution in [0.25, 0.3) is 0 Å². The summed E-state index contributed by atoms with van der Waals surface area (Å²) in [5.74, 6) is 0.448. The molecule has 10 heteroatoms. The van der Waals surface area contributed by atoms with Gasteiger partial charge in [-0.1, -0.05) is 11.6 Å². The maximum absolute atomic E-state index is 13.3. The lowest BCUT2D eigenvalue weighted by molar-refractivity contribution is 0.0736. The summed E-state index contributed by atoms with van der Waals surface area (Å²) in [5.41, 5.74) is 1.74. The van der Waals surface area contributed by atoms with Gasteiger partial charge in [-0.25, -0.2) is 24.5 Å². The molecule has 1 aliphatic rings. The number of aromatic nitrogens is 4. The summed E-state index contributed by atoms with van der Waals surface area (Å²) in [7, 11) is 0. The fourth-order valence-electron chi connectivity index (χ4n) is 2.66. The molecule has 8 nitrogen and oxygen atoms in total. The molecule has 0 spiro atoms. The Labute approximate surface area is 157 Å². The first kappa shape index (κ1) is 17.4. The number of anilines is 1. The molecule has 138 valence electrons. The van der Waals surface area contributed by atoms with Gasteiger partial charge in [0.15, 0.2) is 0 Å². The number of hydrogen-bond donors (Lipinski definition) is 1. The van der Waals surface area contributed by atoms with Crippen LogP contribution in [0.2, 0.25) is 5.02 Å². The number of aromatic amines is 1. The third-order valence-electron chi connectivity index (χ3n) is 4.04. The van der Waals surface area contributed by atoms with Crippen molar-refractivity contribution < 1.29 is 14.0 Å². The predicted octanol–water partition coefficient (Wildman–Crippen LogP) is 2.90. The van der Waals surface area contributed by atoms with Crippen LogP contribution in [0.4, 0.5) is 10.1 Å². The van der Waals surface area contributed by atoms with Crippen molar-refractivity contribution in [3.63, 3.8) is 0 Å². The van der Waals surface area contributed by atoms with Crippen LogP contribution in [-0.2, 0) is 18.0 Å². The Morgan fingerprint density at radius 1 is 1.37 bits per heavy atom. The Morgan fingerprint density at radius 2 is 2.22 bits per heavy atom. The Balaban J connectivity index is 1.68. The van der Waals surface area contributed by atoms with Gasteiger partial charge in [0.1, 0.15) is 35.2 Å². The standard InChI is InChI=1S/C17H13ClFN5O3/c1-9-4-10(19)2-3-14(9)27-17-11-6-24(26-7-12(11)20-8-21-17)13-5-22-23-16(25)15(13)18/h2-5,8H,6-7H2,1H3,(H,23,25). The van der Waals surface area contributed by atoms with E-state index in [0.29, 0.717) is 34.1 Å². The average Bonchev–Trinajstić information content (AvgIpc) is 2.66. The highest BCUT2D eigenvalue weighted by Gasteiger charge is 2.26. The number of ether oxygens (including phenoxy) is 1. The third-order valence-corrected chi connectivity index (χ3v) is 4.41. The molecule has 1 N–H and O–H groups in total. The molecule has 0 amide bonds. The summed E-state index contributed by atoms with van der Waals surface area (Å²) in [6.07, 6.45) is 2.76. The number of fused-ring (bicyclic) bond motifs is 1. The van der Waals surface area contributed by atoms with Gasteiger partial charge in [0.2, 0.25) is 5.88 Å². The maximum Gasteiger partial charge on any atom is 0.285 e. The van der Waals surface area contributed by atoms with E-state index in [0.717, 1.165) is 0 Å². The molecule has 0 unspecified atom stereocenters. The maximum atomic E-state index is 13.3. The number of halogens is 2. The quantitative estimate of drug-likeness (QED) is 0.736. The highest BCUT2D eigenvalue weighted by Crippen LogP contribution is 2.33. The Morgan fingerprint density at radius 3 is 3.04 bits per heavy atom. The van der Waals surface area contributed by atoms with Gasteiger partial charge in [0.25, 0.3) is 5.56 Å². The molecule has 1 aromatic carbocycles. The predicted molar refractivity (Wildman–Crippen MR) is 94.1 cm³/mol. The molecule has 0 bridgehead atoms. The normalized spacial score (nSPS) is 13.4. The molecule has 3 heterocycles. The van der Waals surface area contributed by atoms with Crippen LogP contribution < -0.4 is 15.4 Å². The Kier molecular flexibility index (Phi) is 4.46. The summed E-state index contributed by atoms with van der Waals surface area (Å²) >= 11 is 6.06. The number of nitrogens with zero attached hydrogens (tertiary/aromatic N) is 4. The number of aryl methyl sites for hydroxylation is 1. The van der Waals surface area contributed by atoms with Gasteiger partial charge in [-0.2, -0.15) is 5.10 Å². The van der Waals surface area contributed by atoms with Crippen LogP contribution in [0, 0.1) is 12.7 Å². The fourth-order valence-corrected chi connectivity index (χ4v) is 2.85. The first-order chi connectivity index (χ1) is 13.0. The fraction of sp³-hybridized carbons (Fsp3) is 0.176. The molecular weight excluding hydrogens is 377 g/mol. The molecule has 0 saturated heterocycles. The van der Waals surface area contributed by atoms with E-state index in [1.54, 1.807) is 6.92 Å². The van der Waals surface area contributed by atoms with E-state index in [4.69, 9.17) is 21.2 Å². The Bertz CT molecular complexity index is 1070. The number of hydrogen-bond acceptors (Lipinski definition) is 7. The molecule has 0 fully saturated rings. The first-order valence-corrected chi connectivity index (χ1v) is 8.31. The van der Waals surface area contributed by atoms with Gasteiger partial charge < -0.3 is 4.74 Å². The third kappa shape index (κ3) is 3.34. The summed E-state index contributed by atoms with van der Waals surface area (Å²) in [5, 5.41) is 7.39. The molecule has 2 aromatic heterocycles. The van der Waals surface area contributed by atoms with E-state index in [1.165, 1.54) is 35.8 Å². The summed E-state index contributed by atoms with van der Waals surface area (Å²) in [6.45, 7) is 2.07. The highest BCUT2D eigenvalue weighted by molar-refractivity contribution is 6.32. The molecule has 27 heavy (non-hydrogen) atoms. The van der Waals surface area contributed by atoms with E-state index in [1.807, 2.05) is 0 Å². The van der Waals surface area contributed by atoms with Gasteiger partial charge in [-0.3, -0.25) is 9.63 Å². The zero-order chi connectivity index (χ0) is 19.0. The number of nitrogens with one attached hydrogen (secondary N) is 1. The number of benzene rings is 1. The van der Waals surface area contributed by atoms with E-state index >= 15 is 0 Å². The molecular formula is C17H13ClFN5O3. The van der Waals surface area contributed by atoms with E-state index in [2.05, 4.69) is 20.2 Å². The van der Waals surface area contributed by atoms with Gasteiger partial charge in [-0.15, -0.1) is 0 Å². The lowest BCUT2D eigenvalue weighted by Gasteiger charge is -2.29. The Hall–Kier alpha value is -3.04. The van der Waals surface area contributed by atoms with Gasteiger partial charge in [0, 0.05) is 0 Å². The molecule has 4 rings (SSSR count). The monoisotopic (exact) mass is 389 g/mol. The van der Waals surface area contributed by atoms with Crippen molar-refractivity contribution in [2.75, 3.05) is 5.06 Å². The van der Waals surface area contributed by atoms with Gasteiger partial charge in [-0.05, 0) is 30.7 Å². The lowest BCUT2D eigenvalue weighted by Crippen LogP contribution is -2.31. The number of hydroxylamine groups is 1.